The van der Waals surface area contributed by atoms with Gasteiger partial charge in [0.25, 0.3) is 5.91 Å². The fourth-order valence-electron chi connectivity index (χ4n) is 7.36. The topological polar surface area (TPSA) is 105 Å². The summed E-state index contributed by atoms with van der Waals surface area (Å²) in [6, 6.07) is 3.80. The van der Waals surface area contributed by atoms with Crippen LogP contribution in [0.2, 0.25) is 5.02 Å². The van der Waals surface area contributed by atoms with E-state index >= 15 is 0 Å². The van der Waals surface area contributed by atoms with E-state index in [1.165, 1.54) is 12.0 Å². The number of methoxy groups -OCH3 is 1. The van der Waals surface area contributed by atoms with Crippen LogP contribution in [0.15, 0.2) is 24.4 Å². The van der Waals surface area contributed by atoms with Crippen molar-refractivity contribution in [2.24, 2.45) is 22.7 Å². The molecule has 8 nitrogen and oxygen atoms in total. The number of hydrogen-bond acceptors (Lipinski definition) is 5. The Balaban J connectivity index is 1.48. The lowest BCUT2D eigenvalue weighted by atomic mass is 9.74. The molecule has 3 aliphatic rings. The van der Waals surface area contributed by atoms with Crippen LogP contribution >= 0.6 is 11.6 Å². The number of aliphatic hydroxyl groups is 1. The summed E-state index contributed by atoms with van der Waals surface area (Å²) in [5.41, 5.74) is -2.35. The van der Waals surface area contributed by atoms with Crippen molar-refractivity contribution in [2.45, 2.75) is 83.7 Å². The van der Waals surface area contributed by atoms with E-state index in [9.17, 15) is 33.0 Å². The third-order valence-corrected chi connectivity index (χ3v) is 10.5. The third-order valence-electron chi connectivity index (χ3n) is 10.2. The first-order valence-electron chi connectivity index (χ1n) is 14.3. The van der Waals surface area contributed by atoms with E-state index in [0.717, 1.165) is 10.9 Å². The highest BCUT2D eigenvalue weighted by Crippen LogP contribution is 2.67. The van der Waals surface area contributed by atoms with E-state index in [4.69, 9.17) is 16.3 Å². The number of hydrogen-bond donors (Lipinski definition) is 2. The molecule has 3 atom stereocenters. The quantitative estimate of drug-likeness (QED) is 0.359. The molecular formula is C30H37ClF3N3O5. The SMILES string of the molecule is COc1cccc(Cl)c1C(O)CN(C(=O)c1cnn(C2CCC(C)(C(=O)O)CC2)c1C(F)(F)F)C1CC2C(C1)C2(C)C. The van der Waals surface area contributed by atoms with E-state index in [1.54, 1.807) is 25.1 Å². The van der Waals surface area contributed by atoms with Crippen molar-refractivity contribution in [2.75, 3.05) is 13.7 Å². The van der Waals surface area contributed by atoms with Gasteiger partial charge < -0.3 is 19.8 Å². The fourth-order valence-corrected chi connectivity index (χ4v) is 7.65. The number of carboxylic acids is 1. The number of alkyl halides is 3. The maximum Gasteiger partial charge on any atom is 0.433 e. The van der Waals surface area contributed by atoms with Gasteiger partial charge >= 0.3 is 12.1 Å². The number of aliphatic hydroxyl groups excluding tert-OH is 1. The van der Waals surface area contributed by atoms with Crippen molar-refractivity contribution in [3.63, 3.8) is 0 Å². The van der Waals surface area contributed by atoms with Gasteiger partial charge in [0.05, 0.1) is 41.9 Å². The number of benzene rings is 1. The molecule has 3 aliphatic carbocycles. The van der Waals surface area contributed by atoms with Gasteiger partial charge in [0, 0.05) is 11.6 Å². The second-order valence-electron chi connectivity index (χ2n) is 12.9. The summed E-state index contributed by atoms with van der Waals surface area (Å²) in [4.78, 5) is 27.1. The molecular weight excluding hydrogens is 575 g/mol. The third kappa shape index (κ3) is 5.27. The number of halogens is 4. The number of aromatic nitrogens is 2. The van der Waals surface area contributed by atoms with Gasteiger partial charge in [-0.25, -0.2) is 0 Å². The molecule has 1 heterocycles. The van der Waals surface area contributed by atoms with Crippen LogP contribution in [0.5, 0.6) is 5.75 Å². The molecule has 0 bridgehead atoms. The van der Waals surface area contributed by atoms with Crippen molar-refractivity contribution in [1.29, 1.82) is 0 Å². The van der Waals surface area contributed by atoms with E-state index in [-0.39, 0.29) is 54.3 Å². The number of carboxylic acid groups (broad SMARTS) is 1. The molecule has 230 valence electrons. The van der Waals surface area contributed by atoms with Crippen LogP contribution in [0.1, 0.15) is 93.1 Å². The molecule has 3 saturated carbocycles. The molecule has 1 amide bonds. The maximum atomic E-state index is 14.6. The lowest BCUT2D eigenvalue weighted by molar-refractivity contribution is -0.152. The molecule has 2 N–H and O–H groups in total. The Bertz CT molecular complexity index is 1350. The summed E-state index contributed by atoms with van der Waals surface area (Å²) in [5, 5.41) is 25.1. The molecule has 12 heteroatoms. The van der Waals surface area contributed by atoms with E-state index < -0.39 is 46.9 Å². The Hall–Kier alpha value is -2.79. The van der Waals surface area contributed by atoms with Crippen molar-refractivity contribution in [1.82, 2.24) is 14.7 Å². The minimum Gasteiger partial charge on any atom is -0.496 e. The summed E-state index contributed by atoms with van der Waals surface area (Å²) >= 11 is 6.38. The van der Waals surface area contributed by atoms with Gasteiger partial charge in [-0.05, 0) is 74.8 Å². The second kappa shape index (κ2) is 10.7. The summed E-state index contributed by atoms with van der Waals surface area (Å²) in [7, 11) is 1.42. The van der Waals surface area contributed by atoms with Gasteiger partial charge in [0.15, 0.2) is 5.69 Å². The van der Waals surface area contributed by atoms with Crippen molar-refractivity contribution >= 4 is 23.5 Å². The largest absolute Gasteiger partial charge is 0.496 e. The first-order chi connectivity index (χ1) is 19.6. The standard InChI is InChI=1S/C30H37ClF3N3O5/c1-28(2)19-12-17(13-20(19)28)36(15-22(38)24-21(31)6-5-7-23(24)42-4)26(39)18-14-35-37(25(18)30(32,33)34)16-8-10-29(3,11-9-16)27(40)41/h5-7,14,16-17,19-20,22,38H,8-13,15H2,1-4H3,(H,40,41). The Morgan fingerprint density at radius 1 is 1.19 bits per heavy atom. The first-order valence-corrected chi connectivity index (χ1v) is 14.7. The molecule has 1 aromatic carbocycles. The van der Waals surface area contributed by atoms with Crippen LogP contribution in [-0.2, 0) is 11.0 Å². The highest BCUT2D eigenvalue weighted by Gasteiger charge is 2.63. The van der Waals surface area contributed by atoms with Crippen LogP contribution in [0, 0.1) is 22.7 Å². The second-order valence-corrected chi connectivity index (χ2v) is 13.3. The Morgan fingerprint density at radius 3 is 2.36 bits per heavy atom. The number of carbonyl (C=O) groups excluding carboxylic acids is 1. The zero-order valence-corrected chi connectivity index (χ0v) is 24.9. The first kappa shape index (κ1) is 30.7. The Kier molecular flexibility index (Phi) is 7.83. The summed E-state index contributed by atoms with van der Waals surface area (Å²) in [6.45, 7) is 5.63. The predicted molar refractivity (Wildman–Crippen MR) is 148 cm³/mol. The number of aliphatic carboxylic acids is 1. The Morgan fingerprint density at radius 2 is 1.81 bits per heavy atom. The average Bonchev–Trinajstić information content (AvgIpc) is 3.35. The molecule has 5 rings (SSSR count). The van der Waals surface area contributed by atoms with E-state index in [1.807, 2.05) is 0 Å². The van der Waals surface area contributed by atoms with Crippen LogP contribution in [0.25, 0.3) is 0 Å². The highest BCUT2D eigenvalue weighted by atomic mass is 35.5. The van der Waals surface area contributed by atoms with Gasteiger partial charge in [0.1, 0.15) is 11.9 Å². The van der Waals surface area contributed by atoms with Gasteiger partial charge in [-0.3, -0.25) is 14.3 Å². The summed E-state index contributed by atoms with van der Waals surface area (Å²) in [5.74, 6) is -0.822. The predicted octanol–water partition coefficient (Wildman–Crippen LogP) is 6.38. The molecule has 0 saturated heterocycles. The van der Waals surface area contributed by atoms with Crippen LogP contribution in [0.3, 0.4) is 0 Å². The lowest BCUT2D eigenvalue weighted by Crippen LogP contribution is -2.43. The Labute approximate surface area is 247 Å². The van der Waals surface area contributed by atoms with Crippen LogP contribution in [0.4, 0.5) is 13.2 Å². The highest BCUT2D eigenvalue weighted by molar-refractivity contribution is 6.31. The minimum absolute atomic E-state index is 0.114. The molecule has 0 aliphatic heterocycles. The van der Waals surface area contributed by atoms with E-state index in [2.05, 4.69) is 18.9 Å². The summed E-state index contributed by atoms with van der Waals surface area (Å²) in [6.07, 6.45) is -3.19. The zero-order chi connectivity index (χ0) is 30.8. The van der Waals surface area contributed by atoms with Gasteiger partial charge in [0.2, 0.25) is 0 Å². The number of rotatable bonds is 8. The number of amides is 1. The van der Waals surface area contributed by atoms with Crippen molar-refractivity contribution in [3.05, 3.63) is 46.2 Å². The average molecular weight is 612 g/mol. The van der Waals surface area contributed by atoms with Gasteiger partial charge in [-0.1, -0.05) is 31.5 Å². The number of nitrogens with zero attached hydrogens (tertiary/aromatic N) is 3. The lowest BCUT2D eigenvalue weighted by Gasteiger charge is -2.35. The molecule has 1 aromatic heterocycles. The minimum atomic E-state index is -4.88. The smallest absolute Gasteiger partial charge is 0.433 e. The molecule has 2 aromatic rings. The molecule has 3 fully saturated rings. The number of ether oxygens (including phenoxy) is 1. The molecule has 0 spiro atoms. The zero-order valence-electron chi connectivity index (χ0n) is 24.1. The molecule has 42 heavy (non-hydrogen) atoms. The van der Waals surface area contributed by atoms with Crippen molar-refractivity contribution < 1.29 is 37.7 Å². The number of fused-ring (bicyclic) bond motifs is 1. The van der Waals surface area contributed by atoms with Gasteiger partial charge in [-0.2, -0.15) is 18.3 Å². The van der Waals surface area contributed by atoms with Crippen LogP contribution < -0.4 is 4.74 Å². The van der Waals surface area contributed by atoms with Crippen molar-refractivity contribution in [3.8, 4) is 5.75 Å². The van der Waals surface area contributed by atoms with Gasteiger partial charge in [-0.15, -0.1) is 0 Å². The number of carbonyl (C=O) groups is 2. The normalized spacial score (nSPS) is 29.1. The molecule has 0 radical (unpaired) electrons. The monoisotopic (exact) mass is 611 g/mol. The molecule has 3 unspecified atom stereocenters. The van der Waals surface area contributed by atoms with Crippen LogP contribution in [-0.4, -0.2) is 56.5 Å². The van der Waals surface area contributed by atoms with E-state index in [0.29, 0.717) is 30.4 Å². The maximum absolute atomic E-state index is 14.6. The summed E-state index contributed by atoms with van der Waals surface area (Å²) < 4.78 is 50.1. The fraction of sp³-hybridized carbons (Fsp3) is 0.633.